The third kappa shape index (κ3) is 4.35. The normalized spacial score (nSPS) is 13.5. The summed E-state index contributed by atoms with van der Waals surface area (Å²) >= 11 is 1.42. The van der Waals surface area contributed by atoms with Crippen molar-refractivity contribution < 1.29 is 14.3 Å². The van der Waals surface area contributed by atoms with Gasteiger partial charge in [0, 0.05) is 12.4 Å². The van der Waals surface area contributed by atoms with Crippen LogP contribution in [0, 0.1) is 6.92 Å². The molecule has 0 bridgehead atoms. The SMILES string of the molecule is COc1ncccc1-c1cn2ncc(C(=O)Nc3cc(NC(=O)CN4CCC4)cnc3C)c2s1. The number of aryl methyl sites for hydroxylation is 1. The Morgan fingerprint density at radius 2 is 2.06 bits per heavy atom. The van der Waals surface area contributed by atoms with E-state index >= 15 is 0 Å². The molecule has 11 heteroatoms. The van der Waals surface area contributed by atoms with Crippen molar-refractivity contribution in [2.45, 2.75) is 13.3 Å². The van der Waals surface area contributed by atoms with Crippen molar-refractivity contribution in [3.05, 3.63) is 54.2 Å². The van der Waals surface area contributed by atoms with Crippen LogP contribution in [0.1, 0.15) is 22.5 Å². The first-order valence-electron chi connectivity index (χ1n) is 10.8. The van der Waals surface area contributed by atoms with Crippen molar-refractivity contribution in [3.8, 4) is 16.3 Å². The van der Waals surface area contributed by atoms with Crippen LogP contribution in [0.5, 0.6) is 5.88 Å². The molecule has 0 unspecified atom stereocenters. The molecule has 0 saturated carbocycles. The molecule has 174 valence electrons. The first-order valence-corrected chi connectivity index (χ1v) is 11.6. The molecule has 34 heavy (non-hydrogen) atoms. The summed E-state index contributed by atoms with van der Waals surface area (Å²) in [5.41, 5.74) is 2.97. The molecule has 1 aliphatic heterocycles. The van der Waals surface area contributed by atoms with Crippen LogP contribution in [-0.4, -0.2) is 63.0 Å². The maximum Gasteiger partial charge on any atom is 0.260 e. The number of nitrogens with one attached hydrogen (secondary N) is 2. The Kier molecular flexibility index (Phi) is 5.95. The largest absolute Gasteiger partial charge is 0.481 e. The highest BCUT2D eigenvalue weighted by Crippen LogP contribution is 2.35. The number of aromatic nitrogens is 4. The molecule has 4 aromatic rings. The van der Waals surface area contributed by atoms with Crippen LogP contribution < -0.4 is 15.4 Å². The van der Waals surface area contributed by atoms with Gasteiger partial charge in [-0.3, -0.25) is 19.5 Å². The molecule has 0 aromatic carbocycles. The second-order valence-electron chi connectivity index (χ2n) is 7.95. The van der Waals surface area contributed by atoms with Gasteiger partial charge in [0.2, 0.25) is 11.8 Å². The second-order valence-corrected chi connectivity index (χ2v) is 8.98. The predicted molar refractivity (Wildman–Crippen MR) is 129 cm³/mol. The number of likely N-dealkylation sites (tertiary alicyclic amines) is 1. The minimum absolute atomic E-state index is 0.0992. The van der Waals surface area contributed by atoms with Gasteiger partial charge in [-0.1, -0.05) is 0 Å². The average molecular weight is 478 g/mol. The van der Waals surface area contributed by atoms with Crippen molar-refractivity contribution in [1.82, 2.24) is 24.5 Å². The van der Waals surface area contributed by atoms with Gasteiger partial charge in [-0.25, -0.2) is 9.50 Å². The molecule has 4 aromatic heterocycles. The minimum atomic E-state index is -0.310. The third-order valence-electron chi connectivity index (χ3n) is 5.61. The Morgan fingerprint density at radius 3 is 2.82 bits per heavy atom. The summed E-state index contributed by atoms with van der Waals surface area (Å²) < 4.78 is 7.02. The van der Waals surface area contributed by atoms with Crippen LogP contribution in [0.2, 0.25) is 0 Å². The lowest BCUT2D eigenvalue weighted by Gasteiger charge is -2.29. The van der Waals surface area contributed by atoms with Gasteiger partial charge in [-0.2, -0.15) is 5.10 Å². The van der Waals surface area contributed by atoms with Crippen LogP contribution >= 0.6 is 11.3 Å². The number of hydrogen-bond acceptors (Lipinski definition) is 8. The quantitative estimate of drug-likeness (QED) is 0.420. The summed E-state index contributed by atoms with van der Waals surface area (Å²) in [5.74, 6) is 0.0982. The lowest BCUT2D eigenvalue weighted by molar-refractivity contribution is -0.118. The number of carbonyl (C=O) groups is 2. The molecule has 2 N–H and O–H groups in total. The van der Waals surface area contributed by atoms with E-state index in [2.05, 4.69) is 30.6 Å². The predicted octanol–water partition coefficient (Wildman–Crippen LogP) is 3.07. The lowest BCUT2D eigenvalue weighted by Crippen LogP contribution is -2.42. The maximum atomic E-state index is 13.1. The number of fused-ring (bicyclic) bond motifs is 1. The molecule has 1 fully saturated rings. The molecule has 0 radical (unpaired) electrons. The fourth-order valence-electron chi connectivity index (χ4n) is 3.67. The topological polar surface area (TPSA) is 114 Å². The van der Waals surface area contributed by atoms with E-state index in [4.69, 9.17) is 4.74 Å². The van der Waals surface area contributed by atoms with Gasteiger partial charge < -0.3 is 15.4 Å². The Labute approximate surface area is 199 Å². The molecule has 1 aliphatic rings. The lowest BCUT2D eigenvalue weighted by atomic mass is 10.2. The number of ether oxygens (including phenoxy) is 1. The van der Waals surface area contributed by atoms with Crippen LogP contribution in [0.3, 0.4) is 0 Å². The summed E-state index contributed by atoms with van der Waals surface area (Å²) in [7, 11) is 1.57. The van der Waals surface area contributed by atoms with Crippen molar-refractivity contribution in [2.24, 2.45) is 0 Å². The van der Waals surface area contributed by atoms with Crippen LogP contribution in [0.15, 0.2) is 43.0 Å². The van der Waals surface area contributed by atoms with Crippen molar-refractivity contribution in [3.63, 3.8) is 0 Å². The Hall–Kier alpha value is -3.83. The summed E-state index contributed by atoms with van der Waals surface area (Å²) in [4.78, 5) is 37.6. The number of rotatable bonds is 7. The highest BCUT2D eigenvalue weighted by atomic mass is 32.1. The zero-order chi connectivity index (χ0) is 23.7. The van der Waals surface area contributed by atoms with Gasteiger partial charge in [-0.15, -0.1) is 11.3 Å². The number of amides is 2. The zero-order valence-electron chi connectivity index (χ0n) is 18.7. The average Bonchev–Trinajstić information content (AvgIpc) is 3.39. The molecule has 10 nitrogen and oxygen atoms in total. The number of hydrogen-bond donors (Lipinski definition) is 2. The van der Waals surface area contributed by atoms with Crippen molar-refractivity contribution in [2.75, 3.05) is 37.4 Å². The Bertz CT molecular complexity index is 1380. The molecule has 2 amide bonds. The highest BCUT2D eigenvalue weighted by Gasteiger charge is 2.20. The van der Waals surface area contributed by atoms with E-state index in [1.165, 1.54) is 17.5 Å². The van der Waals surface area contributed by atoms with Crippen molar-refractivity contribution >= 4 is 39.4 Å². The van der Waals surface area contributed by atoms with E-state index in [1.807, 2.05) is 18.3 Å². The summed E-state index contributed by atoms with van der Waals surface area (Å²) in [6.45, 7) is 4.04. The van der Waals surface area contributed by atoms with E-state index < -0.39 is 0 Å². The summed E-state index contributed by atoms with van der Waals surface area (Å²) in [6.07, 6.45) is 7.76. The number of nitrogens with zero attached hydrogens (tertiary/aromatic N) is 5. The number of thiazole rings is 1. The van der Waals surface area contributed by atoms with Crippen molar-refractivity contribution in [1.29, 1.82) is 0 Å². The van der Waals surface area contributed by atoms with E-state index in [0.29, 0.717) is 39.9 Å². The molecule has 0 spiro atoms. The monoisotopic (exact) mass is 477 g/mol. The van der Waals surface area contributed by atoms with E-state index in [1.54, 1.807) is 37.0 Å². The molecule has 0 atom stereocenters. The maximum absolute atomic E-state index is 13.1. The molecule has 5 rings (SSSR count). The van der Waals surface area contributed by atoms with Crippen LogP contribution in [0.4, 0.5) is 11.4 Å². The number of anilines is 2. The number of pyridine rings is 2. The molecule has 0 aliphatic carbocycles. The van der Waals surface area contributed by atoms with E-state index in [9.17, 15) is 9.59 Å². The number of carbonyl (C=O) groups excluding carboxylic acids is 2. The molecule has 1 saturated heterocycles. The smallest absolute Gasteiger partial charge is 0.260 e. The fraction of sp³-hybridized carbons (Fsp3) is 0.261. The van der Waals surface area contributed by atoms with Gasteiger partial charge in [0.1, 0.15) is 4.83 Å². The molecule has 5 heterocycles. The zero-order valence-corrected chi connectivity index (χ0v) is 19.6. The first kappa shape index (κ1) is 22.0. The third-order valence-corrected chi connectivity index (χ3v) is 6.75. The summed E-state index contributed by atoms with van der Waals surface area (Å²) in [6, 6.07) is 5.46. The second kappa shape index (κ2) is 9.20. The number of methoxy groups -OCH3 is 1. The molecular formula is C23H23N7O3S. The van der Waals surface area contributed by atoms with Crippen LogP contribution in [-0.2, 0) is 4.79 Å². The van der Waals surface area contributed by atoms with E-state index in [-0.39, 0.29) is 11.8 Å². The fourth-order valence-corrected chi connectivity index (χ4v) is 4.74. The Morgan fingerprint density at radius 1 is 1.21 bits per heavy atom. The van der Waals surface area contributed by atoms with Gasteiger partial charge >= 0.3 is 0 Å². The van der Waals surface area contributed by atoms with Gasteiger partial charge in [0.25, 0.3) is 5.91 Å². The van der Waals surface area contributed by atoms with Gasteiger partial charge in [0.05, 0.1) is 59.1 Å². The highest BCUT2D eigenvalue weighted by molar-refractivity contribution is 7.21. The van der Waals surface area contributed by atoms with Gasteiger partial charge in [0.15, 0.2) is 0 Å². The van der Waals surface area contributed by atoms with E-state index in [0.717, 1.165) is 30.0 Å². The molecular weight excluding hydrogens is 454 g/mol. The Balaban J connectivity index is 1.35. The minimum Gasteiger partial charge on any atom is -0.481 e. The van der Waals surface area contributed by atoms with Gasteiger partial charge in [-0.05, 0) is 44.6 Å². The first-order chi connectivity index (χ1) is 16.5. The standard InChI is InChI=1S/C23H23N7O3S/c1-14-18(9-15(10-25-14)27-20(31)13-29-7-4-8-29)28-21(32)17-11-26-30-12-19(34-23(17)30)16-5-3-6-24-22(16)33-2/h3,5-6,9-12H,4,7-8,13H2,1-2H3,(H,27,31)(H,28,32). The summed E-state index contributed by atoms with van der Waals surface area (Å²) in [5, 5.41) is 10.1. The van der Waals surface area contributed by atoms with Crippen LogP contribution in [0.25, 0.3) is 15.3 Å².